The van der Waals surface area contributed by atoms with Crippen molar-refractivity contribution in [2.75, 3.05) is 27.3 Å². The average Bonchev–Trinajstić information content (AvgIpc) is 2.35. The third kappa shape index (κ3) is 4.28. The summed E-state index contributed by atoms with van der Waals surface area (Å²) in [5.41, 5.74) is 0. The lowest BCUT2D eigenvalue weighted by Gasteiger charge is -2.19. The van der Waals surface area contributed by atoms with E-state index in [9.17, 15) is 4.79 Å². The average molecular weight is 251 g/mol. The minimum atomic E-state index is -0.0328. The van der Waals surface area contributed by atoms with Gasteiger partial charge in [0, 0.05) is 13.6 Å². The number of para-hydroxylation sites is 2. The van der Waals surface area contributed by atoms with Gasteiger partial charge in [-0.05, 0) is 18.1 Å². The first-order valence-corrected chi connectivity index (χ1v) is 6.04. The fourth-order valence-electron chi connectivity index (χ4n) is 1.64. The van der Waals surface area contributed by atoms with Crippen molar-refractivity contribution in [1.29, 1.82) is 0 Å². The van der Waals surface area contributed by atoms with Crippen LogP contribution in [0.25, 0.3) is 0 Å². The Morgan fingerprint density at radius 3 is 2.44 bits per heavy atom. The number of benzene rings is 1. The van der Waals surface area contributed by atoms with Gasteiger partial charge in [0.15, 0.2) is 18.1 Å². The molecule has 100 valence electrons. The van der Waals surface area contributed by atoms with E-state index < -0.39 is 0 Å². The van der Waals surface area contributed by atoms with Gasteiger partial charge in [0.25, 0.3) is 5.91 Å². The maximum atomic E-state index is 11.8. The highest BCUT2D eigenvalue weighted by Crippen LogP contribution is 2.25. The normalized spacial score (nSPS) is 10.3. The fourth-order valence-corrected chi connectivity index (χ4v) is 1.64. The summed E-state index contributed by atoms with van der Waals surface area (Å²) >= 11 is 0. The molecule has 0 unspecified atom stereocenters. The number of methoxy groups -OCH3 is 1. The van der Waals surface area contributed by atoms with E-state index in [4.69, 9.17) is 9.47 Å². The SMILES string of the molecule is COc1ccccc1OCC(=O)N(C)CC(C)C. The highest BCUT2D eigenvalue weighted by Gasteiger charge is 2.12. The Hall–Kier alpha value is -1.71. The first kappa shape index (κ1) is 14.4. The van der Waals surface area contributed by atoms with Crippen LogP contribution in [-0.2, 0) is 4.79 Å². The molecule has 0 heterocycles. The topological polar surface area (TPSA) is 38.8 Å². The smallest absolute Gasteiger partial charge is 0.260 e. The van der Waals surface area contributed by atoms with Crippen LogP contribution in [0, 0.1) is 5.92 Å². The summed E-state index contributed by atoms with van der Waals surface area (Å²) in [4.78, 5) is 13.5. The van der Waals surface area contributed by atoms with Crippen molar-refractivity contribution >= 4 is 5.91 Å². The van der Waals surface area contributed by atoms with E-state index >= 15 is 0 Å². The van der Waals surface area contributed by atoms with Crippen molar-refractivity contribution in [3.8, 4) is 11.5 Å². The van der Waals surface area contributed by atoms with Gasteiger partial charge < -0.3 is 14.4 Å². The third-order valence-electron chi connectivity index (χ3n) is 2.48. The third-order valence-corrected chi connectivity index (χ3v) is 2.48. The molecule has 0 fully saturated rings. The minimum Gasteiger partial charge on any atom is -0.493 e. The Kier molecular flexibility index (Phi) is 5.49. The van der Waals surface area contributed by atoms with Crippen molar-refractivity contribution in [2.45, 2.75) is 13.8 Å². The van der Waals surface area contributed by atoms with E-state index in [1.165, 1.54) is 0 Å². The second-order valence-corrected chi connectivity index (χ2v) is 4.61. The van der Waals surface area contributed by atoms with Crippen molar-refractivity contribution < 1.29 is 14.3 Å². The number of ether oxygens (including phenoxy) is 2. The zero-order valence-electron chi connectivity index (χ0n) is 11.5. The number of rotatable bonds is 6. The molecule has 0 aliphatic carbocycles. The molecule has 0 aliphatic rings. The van der Waals surface area contributed by atoms with Gasteiger partial charge in [0.05, 0.1) is 7.11 Å². The van der Waals surface area contributed by atoms with Gasteiger partial charge in [-0.1, -0.05) is 26.0 Å². The molecule has 1 aromatic rings. The highest BCUT2D eigenvalue weighted by molar-refractivity contribution is 5.77. The van der Waals surface area contributed by atoms with Gasteiger partial charge >= 0.3 is 0 Å². The summed E-state index contributed by atoms with van der Waals surface area (Å²) in [6.07, 6.45) is 0. The summed E-state index contributed by atoms with van der Waals surface area (Å²) < 4.78 is 10.6. The van der Waals surface area contributed by atoms with Crippen molar-refractivity contribution in [3.63, 3.8) is 0 Å². The van der Waals surface area contributed by atoms with Gasteiger partial charge in [0.2, 0.25) is 0 Å². The van der Waals surface area contributed by atoms with E-state index in [1.807, 2.05) is 12.1 Å². The standard InChI is InChI=1S/C14H21NO3/c1-11(2)9-15(3)14(16)10-18-13-8-6-5-7-12(13)17-4/h5-8,11H,9-10H2,1-4H3. The molecular formula is C14H21NO3. The van der Waals surface area contributed by atoms with Gasteiger partial charge in [-0.2, -0.15) is 0 Å². The molecule has 0 aromatic heterocycles. The summed E-state index contributed by atoms with van der Waals surface area (Å²) in [5.74, 6) is 1.64. The van der Waals surface area contributed by atoms with Gasteiger partial charge in [-0.3, -0.25) is 4.79 Å². The number of nitrogens with zero attached hydrogens (tertiary/aromatic N) is 1. The Balaban J connectivity index is 2.52. The van der Waals surface area contributed by atoms with Crippen molar-refractivity contribution in [3.05, 3.63) is 24.3 Å². The molecule has 0 spiro atoms. The van der Waals surface area contributed by atoms with E-state index in [0.29, 0.717) is 17.4 Å². The lowest BCUT2D eigenvalue weighted by Crippen LogP contribution is -2.34. The molecule has 18 heavy (non-hydrogen) atoms. The van der Waals surface area contributed by atoms with Crippen LogP contribution in [0.15, 0.2) is 24.3 Å². The number of likely N-dealkylation sites (N-methyl/N-ethyl adjacent to an activating group) is 1. The Morgan fingerprint density at radius 2 is 1.89 bits per heavy atom. The molecular weight excluding hydrogens is 230 g/mol. The highest BCUT2D eigenvalue weighted by atomic mass is 16.5. The lowest BCUT2D eigenvalue weighted by molar-refractivity contribution is -0.132. The van der Waals surface area contributed by atoms with Crippen LogP contribution in [0.3, 0.4) is 0 Å². The Bertz CT molecular complexity index is 390. The summed E-state index contributed by atoms with van der Waals surface area (Å²) in [5, 5.41) is 0. The molecule has 4 heteroatoms. The molecule has 1 amide bonds. The zero-order valence-corrected chi connectivity index (χ0v) is 11.5. The number of hydrogen-bond acceptors (Lipinski definition) is 3. The van der Waals surface area contributed by atoms with Gasteiger partial charge in [0.1, 0.15) is 0 Å². The maximum absolute atomic E-state index is 11.8. The second-order valence-electron chi connectivity index (χ2n) is 4.61. The monoisotopic (exact) mass is 251 g/mol. The lowest BCUT2D eigenvalue weighted by atomic mass is 10.2. The summed E-state index contributed by atoms with van der Waals surface area (Å²) in [6.45, 7) is 4.91. The summed E-state index contributed by atoms with van der Waals surface area (Å²) in [6, 6.07) is 7.30. The molecule has 0 saturated carbocycles. The van der Waals surface area contributed by atoms with Crippen LogP contribution in [0.1, 0.15) is 13.8 Å². The molecule has 0 radical (unpaired) electrons. The van der Waals surface area contributed by atoms with Crippen molar-refractivity contribution in [1.82, 2.24) is 4.90 Å². The largest absolute Gasteiger partial charge is 0.493 e. The maximum Gasteiger partial charge on any atom is 0.260 e. The molecule has 1 aromatic carbocycles. The molecule has 4 nitrogen and oxygen atoms in total. The van der Waals surface area contributed by atoms with E-state index in [-0.39, 0.29) is 12.5 Å². The number of amides is 1. The van der Waals surface area contributed by atoms with Crippen LogP contribution in [0.5, 0.6) is 11.5 Å². The van der Waals surface area contributed by atoms with E-state index in [1.54, 1.807) is 31.2 Å². The number of carbonyl (C=O) groups is 1. The minimum absolute atomic E-state index is 0.0313. The van der Waals surface area contributed by atoms with Gasteiger partial charge in [-0.25, -0.2) is 0 Å². The van der Waals surface area contributed by atoms with E-state index in [0.717, 1.165) is 6.54 Å². The van der Waals surface area contributed by atoms with E-state index in [2.05, 4.69) is 13.8 Å². The molecule has 0 atom stereocenters. The molecule has 1 rings (SSSR count). The van der Waals surface area contributed by atoms with Crippen molar-refractivity contribution in [2.24, 2.45) is 5.92 Å². The number of hydrogen-bond donors (Lipinski definition) is 0. The molecule has 0 aliphatic heterocycles. The first-order valence-electron chi connectivity index (χ1n) is 6.04. The number of carbonyl (C=O) groups excluding carboxylic acids is 1. The molecule has 0 N–H and O–H groups in total. The van der Waals surface area contributed by atoms with Crippen LogP contribution in [0.2, 0.25) is 0 Å². The molecule has 0 bridgehead atoms. The Morgan fingerprint density at radius 1 is 1.28 bits per heavy atom. The van der Waals surface area contributed by atoms with Crippen LogP contribution < -0.4 is 9.47 Å². The zero-order chi connectivity index (χ0) is 13.5. The summed E-state index contributed by atoms with van der Waals surface area (Å²) in [7, 11) is 3.36. The quantitative estimate of drug-likeness (QED) is 0.778. The van der Waals surface area contributed by atoms with Crippen LogP contribution in [-0.4, -0.2) is 38.1 Å². The molecule has 0 saturated heterocycles. The first-order chi connectivity index (χ1) is 8.54. The van der Waals surface area contributed by atoms with Crippen LogP contribution in [0.4, 0.5) is 0 Å². The Labute approximate surface area is 108 Å². The predicted octanol–water partition coefficient (Wildman–Crippen LogP) is 2.19. The van der Waals surface area contributed by atoms with Gasteiger partial charge in [-0.15, -0.1) is 0 Å². The second kappa shape index (κ2) is 6.89. The predicted molar refractivity (Wildman–Crippen MR) is 71.0 cm³/mol. The fraction of sp³-hybridized carbons (Fsp3) is 0.500. The van der Waals surface area contributed by atoms with Crippen LogP contribution >= 0.6 is 0 Å².